The summed E-state index contributed by atoms with van der Waals surface area (Å²) in [5.74, 6) is 0.644. The Labute approximate surface area is 183 Å². The average molecular weight is 439 g/mol. The van der Waals surface area contributed by atoms with E-state index in [2.05, 4.69) is 93.0 Å². The zero-order chi connectivity index (χ0) is 22.8. The third-order valence-corrected chi connectivity index (χ3v) is 10.4. The van der Waals surface area contributed by atoms with Crippen LogP contribution in [0.15, 0.2) is 47.6 Å². The molecule has 0 aliphatic carbocycles. The quantitative estimate of drug-likeness (QED) is 0.207. The average Bonchev–Trinajstić information content (AvgIpc) is 2.52. The van der Waals surface area contributed by atoms with Crippen molar-refractivity contribution < 1.29 is 13.0 Å². The third-order valence-electron chi connectivity index (χ3n) is 4.77. The fraction of sp³-hybridized carbons (Fsp3) is 0.667. The van der Waals surface area contributed by atoms with E-state index in [4.69, 9.17) is 13.0 Å². The number of allylic oxidation sites excluding steroid dienone is 4. The van der Waals surface area contributed by atoms with Crippen LogP contribution in [0.5, 0.6) is 0 Å². The van der Waals surface area contributed by atoms with Gasteiger partial charge in [-0.05, 0) is 80.6 Å². The van der Waals surface area contributed by atoms with Crippen LogP contribution in [0.4, 0.5) is 0 Å². The summed E-state index contributed by atoms with van der Waals surface area (Å²) in [6.07, 6.45) is 6.43. The van der Waals surface area contributed by atoms with E-state index in [1.165, 1.54) is 11.1 Å². The molecule has 0 fully saturated rings. The standard InChI is InChI=1S/C24H46O3Si2/c1-19(2)13-15-23(21(5)6)17-25-28(9,10)27-29(11,12)26-18-24(22(7)8)16-14-20(3)4/h13-14,23-24H,5,7,15-18H2,1-4,6,8-12H3. The minimum atomic E-state index is -2.30. The Morgan fingerprint density at radius 3 is 1.24 bits per heavy atom. The molecule has 5 heteroatoms. The van der Waals surface area contributed by atoms with Crippen LogP contribution in [0.25, 0.3) is 0 Å². The summed E-state index contributed by atoms with van der Waals surface area (Å²) in [6, 6.07) is 0. The van der Waals surface area contributed by atoms with Crippen molar-refractivity contribution in [2.75, 3.05) is 13.2 Å². The van der Waals surface area contributed by atoms with Crippen molar-refractivity contribution in [1.82, 2.24) is 0 Å². The molecule has 0 heterocycles. The number of rotatable bonds is 14. The Balaban J connectivity index is 4.84. The lowest BCUT2D eigenvalue weighted by Crippen LogP contribution is -2.49. The van der Waals surface area contributed by atoms with E-state index in [1.807, 2.05) is 0 Å². The summed E-state index contributed by atoms with van der Waals surface area (Å²) < 4.78 is 19.1. The van der Waals surface area contributed by atoms with Crippen LogP contribution in [0.1, 0.15) is 54.4 Å². The molecule has 2 atom stereocenters. The van der Waals surface area contributed by atoms with Crippen molar-refractivity contribution >= 4 is 17.1 Å². The lowest BCUT2D eigenvalue weighted by atomic mass is 9.98. The molecule has 0 N–H and O–H groups in total. The maximum Gasteiger partial charge on any atom is 0.322 e. The second-order valence-electron chi connectivity index (χ2n) is 9.64. The molecular formula is C24H46O3Si2. The Morgan fingerprint density at radius 1 is 0.690 bits per heavy atom. The monoisotopic (exact) mass is 438 g/mol. The van der Waals surface area contributed by atoms with Gasteiger partial charge in [0.15, 0.2) is 0 Å². The summed E-state index contributed by atoms with van der Waals surface area (Å²) >= 11 is 0. The van der Waals surface area contributed by atoms with E-state index in [0.717, 1.165) is 24.0 Å². The van der Waals surface area contributed by atoms with Crippen molar-refractivity contribution in [2.45, 2.75) is 80.6 Å². The molecule has 0 saturated carbocycles. The molecule has 0 aliphatic heterocycles. The highest BCUT2D eigenvalue weighted by molar-refractivity contribution is 6.78. The van der Waals surface area contributed by atoms with Gasteiger partial charge in [-0.2, -0.15) is 0 Å². The van der Waals surface area contributed by atoms with E-state index >= 15 is 0 Å². The SMILES string of the molecule is C=C(C)C(CC=C(C)C)CO[Si](C)(C)O[Si](C)(C)OCC(CC=C(C)C)C(=C)C. The summed E-state index contributed by atoms with van der Waals surface area (Å²) in [7, 11) is -4.60. The summed E-state index contributed by atoms with van der Waals surface area (Å²) in [4.78, 5) is 0. The van der Waals surface area contributed by atoms with Crippen molar-refractivity contribution in [3.63, 3.8) is 0 Å². The molecule has 29 heavy (non-hydrogen) atoms. The van der Waals surface area contributed by atoms with Crippen molar-refractivity contribution in [1.29, 1.82) is 0 Å². The largest absolute Gasteiger partial charge is 0.415 e. The maximum absolute atomic E-state index is 6.48. The van der Waals surface area contributed by atoms with E-state index in [1.54, 1.807) is 0 Å². The fourth-order valence-electron chi connectivity index (χ4n) is 2.83. The smallest absolute Gasteiger partial charge is 0.322 e. The van der Waals surface area contributed by atoms with Crippen LogP contribution >= 0.6 is 0 Å². The van der Waals surface area contributed by atoms with Crippen LogP contribution in [-0.4, -0.2) is 30.3 Å². The Hall–Kier alpha value is -0.726. The first-order valence-corrected chi connectivity index (χ1v) is 16.3. The van der Waals surface area contributed by atoms with Gasteiger partial charge in [0.1, 0.15) is 0 Å². The molecule has 3 nitrogen and oxygen atoms in total. The highest BCUT2D eigenvalue weighted by Crippen LogP contribution is 2.23. The maximum atomic E-state index is 6.48. The molecule has 0 bridgehead atoms. The van der Waals surface area contributed by atoms with Crippen LogP contribution in [0.2, 0.25) is 26.2 Å². The van der Waals surface area contributed by atoms with Gasteiger partial charge in [-0.3, -0.25) is 0 Å². The first-order chi connectivity index (χ1) is 13.1. The number of hydrogen-bond donors (Lipinski definition) is 0. The van der Waals surface area contributed by atoms with Gasteiger partial charge in [0.2, 0.25) is 0 Å². The van der Waals surface area contributed by atoms with E-state index < -0.39 is 17.1 Å². The summed E-state index contributed by atoms with van der Waals surface area (Å²) in [6.45, 7) is 30.7. The van der Waals surface area contributed by atoms with E-state index in [0.29, 0.717) is 25.0 Å². The van der Waals surface area contributed by atoms with Crippen LogP contribution in [0.3, 0.4) is 0 Å². The van der Waals surface area contributed by atoms with E-state index in [9.17, 15) is 0 Å². The van der Waals surface area contributed by atoms with Gasteiger partial charge in [-0.15, -0.1) is 0 Å². The van der Waals surface area contributed by atoms with E-state index in [-0.39, 0.29) is 0 Å². The van der Waals surface area contributed by atoms with Crippen LogP contribution in [0, 0.1) is 11.8 Å². The van der Waals surface area contributed by atoms with Gasteiger partial charge in [0, 0.05) is 25.0 Å². The zero-order valence-electron chi connectivity index (χ0n) is 20.8. The highest BCUT2D eigenvalue weighted by atomic mass is 28.5. The summed E-state index contributed by atoms with van der Waals surface area (Å²) in [5.41, 5.74) is 4.96. The normalized spacial score (nSPS) is 14.1. The predicted octanol–water partition coefficient (Wildman–Crippen LogP) is 7.54. The lowest BCUT2D eigenvalue weighted by Gasteiger charge is -2.34. The molecule has 0 aromatic heterocycles. The second-order valence-corrected chi connectivity index (χ2v) is 16.6. The van der Waals surface area contributed by atoms with Gasteiger partial charge in [-0.25, -0.2) is 0 Å². The molecule has 0 aromatic rings. The molecule has 0 saturated heterocycles. The molecule has 0 spiro atoms. The van der Waals surface area contributed by atoms with Gasteiger partial charge >= 0.3 is 17.1 Å². The van der Waals surface area contributed by atoms with Gasteiger partial charge in [0.25, 0.3) is 0 Å². The molecule has 0 amide bonds. The molecule has 0 rings (SSSR count). The second kappa shape index (κ2) is 12.9. The lowest BCUT2D eigenvalue weighted by molar-refractivity contribution is 0.170. The molecule has 168 valence electrons. The van der Waals surface area contributed by atoms with Crippen LogP contribution in [-0.2, 0) is 13.0 Å². The van der Waals surface area contributed by atoms with Gasteiger partial charge < -0.3 is 13.0 Å². The molecule has 0 aromatic carbocycles. The topological polar surface area (TPSA) is 27.7 Å². The molecular weight excluding hydrogens is 392 g/mol. The Bertz CT molecular complexity index is 543. The van der Waals surface area contributed by atoms with Gasteiger partial charge in [0.05, 0.1) is 0 Å². The Kier molecular flexibility index (Phi) is 12.5. The predicted molar refractivity (Wildman–Crippen MR) is 133 cm³/mol. The van der Waals surface area contributed by atoms with Crippen molar-refractivity contribution in [3.05, 3.63) is 47.6 Å². The Morgan fingerprint density at radius 2 is 1.00 bits per heavy atom. The molecule has 2 unspecified atom stereocenters. The van der Waals surface area contributed by atoms with Crippen LogP contribution < -0.4 is 0 Å². The van der Waals surface area contributed by atoms with Gasteiger partial charge in [-0.1, -0.05) is 47.6 Å². The fourth-order valence-corrected chi connectivity index (χ4v) is 9.24. The van der Waals surface area contributed by atoms with Crippen molar-refractivity contribution in [3.8, 4) is 0 Å². The minimum absolute atomic E-state index is 0.322. The first kappa shape index (κ1) is 28.3. The van der Waals surface area contributed by atoms with Crippen molar-refractivity contribution in [2.24, 2.45) is 11.8 Å². The third kappa shape index (κ3) is 14.0. The minimum Gasteiger partial charge on any atom is -0.415 e. The highest BCUT2D eigenvalue weighted by Gasteiger charge is 2.37. The summed E-state index contributed by atoms with van der Waals surface area (Å²) in [5, 5.41) is 0. The molecule has 0 aliphatic rings. The zero-order valence-corrected chi connectivity index (χ0v) is 22.8. The first-order valence-electron chi connectivity index (χ1n) is 10.7. The molecule has 0 radical (unpaired) electrons. The number of hydrogen-bond acceptors (Lipinski definition) is 3.